The van der Waals surface area contributed by atoms with Gasteiger partial charge in [0.2, 0.25) is 18.1 Å². The van der Waals surface area contributed by atoms with Gasteiger partial charge in [-0.15, -0.1) is 0 Å². The van der Waals surface area contributed by atoms with Gasteiger partial charge < -0.3 is 44.8 Å². The molecule has 212 valence electrons. The van der Waals surface area contributed by atoms with Crippen LogP contribution in [0, 0.1) is 0 Å². The van der Waals surface area contributed by atoms with Crippen molar-refractivity contribution in [3.63, 3.8) is 0 Å². The van der Waals surface area contributed by atoms with Crippen molar-refractivity contribution < 1.29 is 52.4 Å². The number of esters is 2. The van der Waals surface area contributed by atoms with E-state index in [0.717, 1.165) is 0 Å². The highest BCUT2D eigenvalue weighted by Gasteiger charge is 2.45. The molecule has 0 aromatic rings. The molecule has 1 fully saturated rings. The number of amides is 2. The highest BCUT2D eigenvalue weighted by atomic mass is 16.8. The Hall–Kier alpha value is -3.39. The smallest absolute Gasteiger partial charge is 0.478 e. The molecule has 4 atom stereocenters. The first kappa shape index (κ1) is 33.6. The maximum Gasteiger partial charge on any atom is 0.508 e. The maximum absolute atomic E-state index is 11.7. The van der Waals surface area contributed by atoms with E-state index in [-0.39, 0.29) is 30.7 Å². The Morgan fingerprint density at radius 1 is 1.22 bits per heavy atom. The fourth-order valence-electron chi connectivity index (χ4n) is 3.20. The van der Waals surface area contributed by atoms with Crippen LogP contribution in [0.15, 0.2) is 11.8 Å². The Balaban J connectivity index is 0.000000786. The van der Waals surface area contributed by atoms with Crippen molar-refractivity contribution >= 4 is 30.4 Å². The van der Waals surface area contributed by atoms with E-state index in [1.165, 1.54) is 34.3 Å². The lowest BCUT2D eigenvalue weighted by atomic mass is 9.95. The van der Waals surface area contributed by atoms with Gasteiger partial charge in [0.15, 0.2) is 6.10 Å². The van der Waals surface area contributed by atoms with E-state index >= 15 is 0 Å². The molecule has 0 saturated carbocycles. The lowest BCUT2D eigenvalue weighted by Crippen LogP contribution is -2.55. The van der Waals surface area contributed by atoms with Crippen LogP contribution in [0.4, 0.5) is 4.79 Å². The molecule has 14 nitrogen and oxygen atoms in total. The van der Waals surface area contributed by atoms with Gasteiger partial charge in [0.25, 0.3) is 0 Å². The van der Waals surface area contributed by atoms with Crippen molar-refractivity contribution in [1.82, 2.24) is 10.6 Å². The molecule has 37 heavy (non-hydrogen) atoms. The standard InChI is InChI=1S/C14H19NO8.C8H15NO3.CH5N/c1-7(16)15-8-4-5-9(13(17)20-3)22-11(8)12(19-2)10-6-21-14(18)23-10;1-8(2,3)12-7(11)4-5-9-6-10;1-2/h5,8,10-12H,4,6H2,1-3H3,(H,15,16);6H,4-5H2,1-3H3,(H,9,10);2H2,1H3/t8?,10?,11-,12?;;/m1../s1. The number of cyclic esters (lactones) is 2. The third-order valence-corrected chi connectivity index (χ3v) is 4.54. The van der Waals surface area contributed by atoms with Crippen LogP contribution in [0.25, 0.3) is 0 Å². The Labute approximate surface area is 216 Å². The van der Waals surface area contributed by atoms with Crippen molar-refractivity contribution in [3.05, 3.63) is 11.8 Å². The SMILES string of the molecule is CC(C)(C)OC(=O)CCNC=O.CN.COC(=O)C1=CCC(NC(C)=O)[C@H](C(OC)C2COC(=O)O2)O1. The number of nitrogens with one attached hydrogen (secondary N) is 2. The number of carbonyl (C=O) groups is 5. The molecule has 2 amide bonds. The van der Waals surface area contributed by atoms with Crippen LogP contribution in [0.5, 0.6) is 0 Å². The second kappa shape index (κ2) is 17.1. The van der Waals surface area contributed by atoms with E-state index in [2.05, 4.69) is 21.1 Å². The molecular formula is C23H39N3O11. The molecular weight excluding hydrogens is 494 g/mol. The molecule has 0 aromatic carbocycles. The lowest BCUT2D eigenvalue weighted by molar-refractivity contribution is -0.154. The van der Waals surface area contributed by atoms with E-state index in [1.54, 1.807) is 20.8 Å². The molecule has 14 heteroatoms. The van der Waals surface area contributed by atoms with Crippen LogP contribution in [-0.2, 0) is 47.6 Å². The molecule has 2 rings (SSSR count). The number of methoxy groups -OCH3 is 2. The van der Waals surface area contributed by atoms with E-state index in [0.29, 0.717) is 19.4 Å². The summed E-state index contributed by atoms with van der Waals surface area (Å²) in [5.74, 6) is -1.16. The maximum atomic E-state index is 11.7. The molecule has 0 aliphatic carbocycles. The van der Waals surface area contributed by atoms with Gasteiger partial charge >= 0.3 is 18.1 Å². The largest absolute Gasteiger partial charge is 0.508 e. The van der Waals surface area contributed by atoms with Gasteiger partial charge in [-0.3, -0.25) is 14.4 Å². The predicted octanol–water partition coefficient (Wildman–Crippen LogP) is -0.0736. The van der Waals surface area contributed by atoms with Crippen molar-refractivity contribution in [1.29, 1.82) is 0 Å². The number of carbonyl (C=O) groups excluding carboxylic acids is 5. The van der Waals surface area contributed by atoms with Crippen LogP contribution in [0.1, 0.15) is 40.5 Å². The zero-order valence-corrected chi connectivity index (χ0v) is 22.4. The Kier molecular flexibility index (Phi) is 15.6. The quantitative estimate of drug-likeness (QED) is 0.155. The minimum Gasteiger partial charge on any atom is -0.478 e. The molecule has 0 aromatic heterocycles. The summed E-state index contributed by atoms with van der Waals surface area (Å²) in [6.45, 7) is 7.12. The van der Waals surface area contributed by atoms with Crippen molar-refractivity contribution in [2.75, 3.05) is 34.4 Å². The summed E-state index contributed by atoms with van der Waals surface area (Å²) in [5, 5.41) is 5.12. The van der Waals surface area contributed by atoms with Crippen LogP contribution in [-0.4, -0.2) is 94.8 Å². The van der Waals surface area contributed by atoms with E-state index in [4.69, 9.17) is 23.7 Å². The van der Waals surface area contributed by atoms with Crippen LogP contribution in [0.3, 0.4) is 0 Å². The van der Waals surface area contributed by atoms with E-state index < -0.39 is 42.1 Å². The van der Waals surface area contributed by atoms with Gasteiger partial charge in [0, 0.05) is 20.6 Å². The fourth-order valence-corrected chi connectivity index (χ4v) is 3.20. The van der Waals surface area contributed by atoms with E-state index in [1.807, 2.05) is 0 Å². The Bertz CT molecular complexity index is 795. The topological polar surface area (TPSA) is 191 Å². The number of ether oxygens (including phenoxy) is 6. The normalized spacial score (nSPS) is 20.9. The third kappa shape index (κ3) is 12.9. The fraction of sp³-hybridized carbons (Fsp3) is 0.696. The molecule has 4 N–H and O–H groups in total. The Morgan fingerprint density at radius 2 is 1.86 bits per heavy atom. The highest BCUT2D eigenvalue weighted by molar-refractivity contribution is 5.86. The monoisotopic (exact) mass is 533 g/mol. The van der Waals surface area contributed by atoms with Gasteiger partial charge in [-0.05, 0) is 40.3 Å². The van der Waals surface area contributed by atoms with Gasteiger partial charge in [-0.1, -0.05) is 0 Å². The van der Waals surface area contributed by atoms with E-state index in [9.17, 15) is 24.0 Å². The molecule has 3 unspecified atom stereocenters. The van der Waals surface area contributed by atoms with Crippen LogP contribution < -0.4 is 16.4 Å². The second-order valence-corrected chi connectivity index (χ2v) is 8.51. The first-order valence-corrected chi connectivity index (χ1v) is 11.5. The van der Waals surface area contributed by atoms with Gasteiger partial charge in [0.05, 0.1) is 19.6 Å². The van der Waals surface area contributed by atoms with Crippen molar-refractivity contribution in [2.45, 2.75) is 70.5 Å². The van der Waals surface area contributed by atoms with Crippen molar-refractivity contribution in [3.8, 4) is 0 Å². The second-order valence-electron chi connectivity index (χ2n) is 8.51. The average molecular weight is 534 g/mol. The Morgan fingerprint density at radius 3 is 2.32 bits per heavy atom. The summed E-state index contributed by atoms with van der Waals surface area (Å²) in [4.78, 5) is 55.0. The van der Waals surface area contributed by atoms with Gasteiger partial charge in [0.1, 0.15) is 24.4 Å². The zero-order chi connectivity index (χ0) is 28.6. The molecule has 2 aliphatic heterocycles. The molecule has 2 heterocycles. The lowest BCUT2D eigenvalue weighted by Gasteiger charge is -2.37. The summed E-state index contributed by atoms with van der Waals surface area (Å²) in [6.07, 6.45) is -0.323. The highest BCUT2D eigenvalue weighted by Crippen LogP contribution is 2.27. The molecule has 0 bridgehead atoms. The van der Waals surface area contributed by atoms with Crippen LogP contribution >= 0.6 is 0 Å². The summed E-state index contributed by atoms with van der Waals surface area (Å²) in [7, 11) is 4.16. The van der Waals surface area contributed by atoms with Crippen molar-refractivity contribution in [2.24, 2.45) is 5.73 Å². The minimum atomic E-state index is -0.798. The zero-order valence-electron chi connectivity index (χ0n) is 22.4. The number of hydrogen-bond donors (Lipinski definition) is 3. The molecule has 1 saturated heterocycles. The van der Waals surface area contributed by atoms with Crippen LogP contribution in [0.2, 0.25) is 0 Å². The first-order chi connectivity index (χ1) is 17.4. The molecule has 2 aliphatic rings. The predicted molar refractivity (Wildman–Crippen MR) is 129 cm³/mol. The number of hydrogen-bond acceptors (Lipinski definition) is 12. The summed E-state index contributed by atoms with van der Waals surface area (Å²) < 4.78 is 30.5. The summed E-state index contributed by atoms with van der Waals surface area (Å²) >= 11 is 0. The van der Waals surface area contributed by atoms with Gasteiger partial charge in [-0.2, -0.15) is 0 Å². The minimum absolute atomic E-state index is 0.00125. The number of rotatable bonds is 9. The summed E-state index contributed by atoms with van der Waals surface area (Å²) in [6, 6.07) is -0.454. The average Bonchev–Trinajstić information content (AvgIpc) is 3.26. The number of nitrogens with two attached hydrogens (primary N) is 1. The first-order valence-electron chi connectivity index (χ1n) is 11.5. The molecule has 0 radical (unpaired) electrons. The molecule has 0 spiro atoms. The third-order valence-electron chi connectivity index (χ3n) is 4.54. The van der Waals surface area contributed by atoms with Gasteiger partial charge in [-0.25, -0.2) is 9.59 Å². The summed E-state index contributed by atoms with van der Waals surface area (Å²) in [5.41, 5.74) is 4.05.